The first-order valence-electron chi connectivity index (χ1n) is 8.37. The van der Waals surface area contributed by atoms with Gasteiger partial charge in [0.1, 0.15) is 0 Å². The third-order valence-corrected chi connectivity index (χ3v) is 4.86. The predicted molar refractivity (Wildman–Crippen MR) is 99.0 cm³/mol. The standard InChI is InChI=1S/C21H30N2/c1-20(2,21(3,4)22)17-23(15-18-11-7-5-8-12-18)16-19-13-9-6-10-14-19/h5-14H,15-17,22H2,1-4H3. The van der Waals surface area contributed by atoms with Crippen LogP contribution < -0.4 is 5.73 Å². The quantitative estimate of drug-likeness (QED) is 0.818. The molecule has 0 atom stereocenters. The molecule has 0 saturated carbocycles. The summed E-state index contributed by atoms with van der Waals surface area (Å²) in [5.74, 6) is 0. The first-order chi connectivity index (χ1) is 10.8. The summed E-state index contributed by atoms with van der Waals surface area (Å²) in [5.41, 5.74) is 8.91. The van der Waals surface area contributed by atoms with Crippen LogP contribution in [0.1, 0.15) is 38.8 Å². The molecule has 0 radical (unpaired) electrons. The van der Waals surface area contributed by atoms with Crippen LogP contribution in [0.2, 0.25) is 0 Å². The Morgan fingerprint density at radius 3 is 1.48 bits per heavy atom. The SMILES string of the molecule is CC(C)(N)C(C)(C)CN(Cc1ccccc1)Cc1ccccc1. The number of hydrogen-bond donors (Lipinski definition) is 1. The summed E-state index contributed by atoms with van der Waals surface area (Å²) in [6.45, 7) is 11.6. The molecule has 124 valence electrons. The third-order valence-electron chi connectivity index (χ3n) is 4.86. The van der Waals surface area contributed by atoms with E-state index in [9.17, 15) is 0 Å². The average molecular weight is 310 g/mol. The monoisotopic (exact) mass is 310 g/mol. The van der Waals surface area contributed by atoms with Crippen LogP contribution in [-0.4, -0.2) is 17.0 Å². The minimum Gasteiger partial charge on any atom is -0.325 e. The van der Waals surface area contributed by atoms with Crippen LogP contribution in [0.3, 0.4) is 0 Å². The second-order valence-corrected chi connectivity index (χ2v) is 7.72. The van der Waals surface area contributed by atoms with Crippen LogP contribution in [0, 0.1) is 5.41 Å². The van der Waals surface area contributed by atoms with E-state index < -0.39 is 0 Å². The summed E-state index contributed by atoms with van der Waals surface area (Å²) in [6.07, 6.45) is 0. The van der Waals surface area contributed by atoms with Gasteiger partial charge in [-0.25, -0.2) is 0 Å². The first kappa shape index (κ1) is 17.7. The van der Waals surface area contributed by atoms with Crippen LogP contribution in [0.25, 0.3) is 0 Å². The van der Waals surface area contributed by atoms with Gasteiger partial charge in [0.15, 0.2) is 0 Å². The van der Waals surface area contributed by atoms with Gasteiger partial charge in [0.05, 0.1) is 0 Å². The van der Waals surface area contributed by atoms with Gasteiger partial charge in [-0.1, -0.05) is 74.5 Å². The van der Waals surface area contributed by atoms with Crippen LogP contribution in [0.15, 0.2) is 60.7 Å². The maximum Gasteiger partial charge on any atom is 0.0237 e. The van der Waals surface area contributed by atoms with Crippen molar-refractivity contribution in [2.75, 3.05) is 6.54 Å². The molecule has 0 saturated heterocycles. The minimum atomic E-state index is -0.224. The van der Waals surface area contributed by atoms with Crippen molar-refractivity contribution in [1.82, 2.24) is 4.90 Å². The third kappa shape index (κ3) is 5.19. The number of nitrogens with zero attached hydrogens (tertiary/aromatic N) is 1. The maximum absolute atomic E-state index is 6.42. The van der Waals surface area contributed by atoms with Gasteiger partial charge in [0.25, 0.3) is 0 Å². The largest absolute Gasteiger partial charge is 0.325 e. The highest BCUT2D eigenvalue weighted by molar-refractivity contribution is 5.17. The highest BCUT2D eigenvalue weighted by Gasteiger charge is 2.35. The molecule has 0 heterocycles. The lowest BCUT2D eigenvalue weighted by molar-refractivity contribution is 0.103. The molecule has 0 unspecified atom stereocenters. The molecule has 2 aromatic carbocycles. The van der Waals surface area contributed by atoms with Crippen molar-refractivity contribution in [2.24, 2.45) is 11.1 Å². The summed E-state index contributed by atoms with van der Waals surface area (Å²) in [5, 5.41) is 0. The lowest BCUT2D eigenvalue weighted by atomic mass is 9.75. The summed E-state index contributed by atoms with van der Waals surface area (Å²) in [6, 6.07) is 21.3. The Morgan fingerprint density at radius 2 is 1.13 bits per heavy atom. The van der Waals surface area contributed by atoms with Gasteiger partial charge in [-0.05, 0) is 30.4 Å². The van der Waals surface area contributed by atoms with E-state index in [1.165, 1.54) is 11.1 Å². The van der Waals surface area contributed by atoms with Gasteiger partial charge in [0, 0.05) is 25.2 Å². The van der Waals surface area contributed by atoms with Gasteiger partial charge in [-0.2, -0.15) is 0 Å². The summed E-state index contributed by atoms with van der Waals surface area (Å²) < 4.78 is 0. The molecule has 2 rings (SSSR count). The number of nitrogens with two attached hydrogens (primary N) is 1. The minimum absolute atomic E-state index is 0.0244. The molecule has 23 heavy (non-hydrogen) atoms. The van der Waals surface area contributed by atoms with Crippen molar-refractivity contribution in [3.63, 3.8) is 0 Å². The smallest absolute Gasteiger partial charge is 0.0237 e. The Balaban J connectivity index is 2.17. The van der Waals surface area contributed by atoms with Gasteiger partial charge in [-0.3, -0.25) is 4.90 Å². The number of rotatable bonds is 7. The Hall–Kier alpha value is -1.64. The number of benzene rings is 2. The molecule has 0 spiro atoms. The molecule has 2 N–H and O–H groups in total. The fourth-order valence-corrected chi connectivity index (χ4v) is 2.61. The van der Waals surface area contributed by atoms with Gasteiger partial charge in [0.2, 0.25) is 0 Å². The Kier molecular flexibility index (Phi) is 5.61. The topological polar surface area (TPSA) is 29.3 Å². The normalized spacial score (nSPS) is 12.6. The zero-order valence-electron chi connectivity index (χ0n) is 14.9. The van der Waals surface area contributed by atoms with Crippen LogP contribution in [0.4, 0.5) is 0 Å². The van der Waals surface area contributed by atoms with Gasteiger partial charge in [-0.15, -0.1) is 0 Å². The van der Waals surface area contributed by atoms with E-state index >= 15 is 0 Å². The predicted octanol–water partition coefficient (Wildman–Crippen LogP) is 4.45. The van der Waals surface area contributed by atoms with Crippen LogP contribution >= 0.6 is 0 Å². The van der Waals surface area contributed by atoms with Crippen molar-refractivity contribution in [2.45, 2.75) is 46.3 Å². The molecule has 0 aliphatic heterocycles. The molecular weight excluding hydrogens is 280 g/mol. The first-order valence-corrected chi connectivity index (χ1v) is 8.37. The number of hydrogen-bond acceptors (Lipinski definition) is 2. The van der Waals surface area contributed by atoms with E-state index in [1.807, 2.05) is 0 Å². The van der Waals surface area contributed by atoms with E-state index in [0.717, 1.165) is 19.6 Å². The van der Waals surface area contributed by atoms with Gasteiger partial charge >= 0.3 is 0 Å². The van der Waals surface area contributed by atoms with Crippen molar-refractivity contribution in [3.8, 4) is 0 Å². The second-order valence-electron chi connectivity index (χ2n) is 7.72. The van der Waals surface area contributed by atoms with Crippen molar-refractivity contribution in [1.29, 1.82) is 0 Å². The summed E-state index contributed by atoms with van der Waals surface area (Å²) in [4.78, 5) is 2.50. The van der Waals surface area contributed by atoms with Crippen LogP contribution in [-0.2, 0) is 13.1 Å². The molecule has 2 aromatic rings. The van der Waals surface area contributed by atoms with Gasteiger partial charge < -0.3 is 5.73 Å². The molecule has 0 aliphatic rings. The molecule has 0 aromatic heterocycles. The lowest BCUT2D eigenvalue weighted by Crippen LogP contribution is -2.52. The Bertz CT molecular complexity index is 541. The van der Waals surface area contributed by atoms with Crippen molar-refractivity contribution >= 4 is 0 Å². The lowest BCUT2D eigenvalue weighted by Gasteiger charge is -2.42. The van der Waals surface area contributed by atoms with Crippen LogP contribution in [0.5, 0.6) is 0 Å². The second kappa shape index (κ2) is 7.29. The molecule has 0 bridgehead atoms. The molecule has 2 nitrogen and oxygen atoms in total. The summed E-state index contributed by atoms with van der Waals surface area (Å²) >= 11 is 0. The molecule has 0 aliphatic carbocycles. The molecular formula is C21H30N2. The van der Waals surface area contributed by atoms with E-state index in [2.05, 4.69) is 93.3 Å². The Labute approximate surface area is 141 Å². The fourth-order valence-electron chi connectivity index (χ4n) is 2.61. The van der Waals surface area contributed by atoms with E-state index in [0.29, 0.717) is 0 Å². The molecule has 0 fully saturated rings. The summed E-state index contributed by atoms with van der Waals surface area (Å²) in [7, 11) is 0. The Morgan fingerprint density at radius 1 is 0.739 bits per heavy atom. The maximum atomic E-state index is 6.42. The molecule has 2 heteroatoms. The van der Waals surface area contributed by atoms with E-state index in [1.54, 1.807) is 0 Å². The zero-order valence-corrected chi connectivity index (χ0v) is 14.9. The van der Waals surface area contributed by atoms with Crippen molar-refractivity contribution < 1.29 is 0 Å². The highest BCUT2D eigenvalue weighted by Crippen LogP contribution is 2.30. The van der Waals surface area contributed by atoms with Crippen molar-refractivity contribution in [3.05, 3.63) is 71.8 Å². The zero-order chi connectivity index (χ0) is 16.9. The molecule has 0 amide bonds. The average Bonchev–Trinajstić information content (AvgIpc) is 2.47. The highest BCUT2D eigenvalue weighted by atomic mass is 15.1. The fraction of sp³-hybridized carbons (Fsp3) is 0.429. The van der Waals surface area contributed by atoms with E-state index in [-0.39, 0.29) is 11.0 Å². The van der Waals surface area contributed by atoms with E-state index in [4.69, 9.17) is 5.73 Å².